The van der Waals surface area contributed by atoms with Crippen molar-refractivity contribution in [1.29, 1.82) is 0 Å². The van der Waals surface area contributed by atoms with Crippen LogP contribution in [-0.2, 0) is 6.54 Å². The lowest BCUT2D eigenvalue weighted by Crippen LogP contribution is -2.19. The normalized spacial score (nSPS) is 12.2. The molecule has 0 amide bonds. The monoisotopic (exact) mass is 341 g/mol. The van der Waals surface area contributed by atoms with Gasteiger partial charge in [0, 0.05) is 18.8 Å². The lowest BCUT2D eigenvalue weighted by Gasteiger charge is -2.18. The number of carbonyl (C=O) groups excluding carboxylic acids is 1. The summed E-state index contributed by atoms with van der Waals surface area (Å²) in [4.78, 5) is 15.6. The Morgan fingerprint density at radius 3 is 2.72 bits per heavy atom. The van der Waals surface area contributed by atoms with E-state index < -0.39 is 0 Å². The van der Waals surface area contributed by atoms with Crippen LogP contribution < -0.4 is 5.32 Å². The van der Waals surface area contributed by atoms with Gasteiger partial charge in [-0.3, -0.25) is 9.78 Å². The Kier molecular flexibility index (Phi) is 4.63. The zero-order valence-electron chi connectivity index (χ0n) is 13.6. The number of benzene rings is 2. The van der Waals surface area contributed by atoms with E-state index in [1.54, 1.807) is 24.3 Å². The number of hydrogen-bond donors (Lipinski definition) is 2. The van der Waals surface area contributed by atoms with E-state index >= 15 is 0 Å². The van der Waals surface area contributed by atoms with Gasteiger partial charge in [0.15, 0.2) is 12.0 Å². The summed E-state index contributed by atoms with van der Waals surface area (Å²) in [5.41, 5.74) is 1.59. The highest BCUT2D eigenvalue weighted by atomic mass is 19.1. The van der Waals surface area contributed by atoms with Crippen LogP contribution >= 0.6 is 0 Å². The van der Waals surface area contributed by atoms with E-state index in [1.807, 2.05) is 6.92 Å². The first kappa shape index (κ1) is 16.9. The van der Waals surface area contributed by atoms with Crippen LogP contribution in [0.3, 0.4) is 0 Å². The van der Waals surface area contributed by atoms with Gasteiger partial charge in [-0.25, -0.2) is 4.39 Å². The number of phenolic OH excluding ortho intramolecular Hbond substituents is 1. The molecule has 0 aliphatic rings. The molecule has 128 valence electrons. The second kappa shape index (κ2) is 6.86. The number of nitrogens with one attached hydrogen (secondary N) is 1. The average molecular weight is 341 g/mol. The highest BCUT2D eigenvalue weighted by Gasteiger charge is 2.26. The molecular formula is C19H18FN2O3+. The smallest absolute Gasteiger partial charge is 0.269 e. The molecule has 0 bridgehead atoms. The molecule has 0 fully saturated rings. The predicted octanol–water partition coefficient (Wildman–Crippen LogP) is 3.18. The van der Waals surface area contributed by atoms with Crippen LogP contribution in [0.25, 0.3) is 10.9 Å². The zero-order valence-corrected chi connectivity index (χ0v) is 13.6. The second-order valence-electron chi connectivity index (χ2n) is 5.80. The summed E-state index contributed by atoms with van der Waals surface area (Å²) in [6, 6.07) is 9.09. The van der Waals surface area contributed by atoms with Crippen LogP contribution in [0.15, 0.2) is 42.6 Å². The van der Waals surface area contributed by atoms with Crippen LogP contribution in [0.1, 0.15) is 34.5 Å². The highest BCUT2D eigenvalue weighted by molar-refractivity contribution is 5.99. The molecule has 0 saturated carbocycles. The van der Waals surface area contributed by atoms with Crippen molar-refractivity contribution in [3.05, 3.63) is 65.1 Å². The summed E-state index contributed by atoms with van der Waals surface area (Å²) in [5, 5.41) is 22.5. The van der Waals surface area contributed by atoms with Gasteiger partial charge in [-0.15, -0.1) is 0 Å². The summed E-state index contributed by atoms with van der Waals surface area (Å²) in [7, 11) is 0. The van der Waals surface area contributed by atoms with Crippen LogP contribution in [0.2, 0.25) is 0 Å². The van der Waals surface area contributed by atoms with Crippen molar-refractivity contribution in [2.24, 2.45) is 0 Å². The first-order valence-electron chi connectivity index (χ1n) is 7.81. The Labute approximate surface area is 143 Å². The third-order valence-electron chi connectivity index (χ3n) is 4.19. The molecule has 0 radical (unpaired) electrons. The fraction of sp³-hybridized carbons (Fsp3) is 0.158. The van der Waals surface area contributed by atoms with Gasteiger partial charge in [0.05, 0.1) is 16.5 Å². The number of pyridine rings is 1. The molecule has 1 unspecified atom stereocenters. The van der Waals surface area contributed by atoms with E-state index in [1.165, 1.54) is 18.3 Å². The van der Waals surface area contributed by atoms with E-state index in [0.29, 0.717) is 23.8 Å². The minimum absolute atomic E-state index is 0.0651. The maximum atomic E-state index is 13.0. The summed E-state index contributed by atoms with van der Waals surface area (Å²) >= 11 is 0. The van der Waals surface area contributed by atoms with Gasteiger partial charge in [-0.1, -0.05) is 12.1 Å². The summed E-state index contributed by atoms with van der Waals surface area (Å²) in [6.07, 6.45) is 2.05. The van der Waals surface area contributed by atoms with Crippen LogP contribution in [-0.4, -0.2) is 21.5 Å². The van der Waals surface area contributed by atoms with Crippen molar-refractivity contribution in [2.75, 3.05) is 0 Å². The van der Waals surface area contributed by atoms with Gasteiger partial charge < -0.3 is 15.5 Å². The SMILES string of the molecule is CC(NCc1ccc(F)cc1)c1c(C=O)c(O)c2ncccc2c1[OH2+]. The topological polar surface area (TPSA) is 85.1 Å². The van der Waals surface area contributed by atoms with E-state index in [2.05, 4.69) is 10.3 Å². The predicted molar refractivity (Wildman–Crippen MR) is 93.5 cm³/mol. The van der Waals surface area contributed by atoms with Gasteiger partial charge >= 0.3 is 0 Å². The fourth-order valence-corrected chi connectivity index (χ4v) is 2.87. The first-order chi connectivity index (χ1) is 12.0. The number of aromatic nitrogens is 1. The van der Waals surface area contributed by atoms with Crippen molar-refractivity contribution in [3.63, 3.8) is 0 Å². The van der Waals surface area contributed by atoms with E-state index in [0.717, 1.165) is 5.56 Å². The lowest BCUT2D eigenvalue weighted by molar-refractivity contribution is 0.111. The number of fused-ring (bicyclic) bond motifs is 1. The van der Waals surface area contributed by atoms with Crippen LogP contribution in [0.4, 0.5) is 4.39 Å². The number of nitrogens with zero attached hydrogens (tertiary/aromatic N) is 1. The van der Waals surface area contributed by atoms with Gasteiger partial charge in [0.1, 0.15) is 11.3 Å². The van der Waals surface area contributed by atoms with Gasteiger partial charge in [-0.2, -0.15) is 0 Å². The fourth-order valence-electron chi connectivity index (χ4n) is 2.87. The minimum atomic E-state index is -0.367. The Morgan fingerprint density at radius 2 is 2.04 bits per heavy atom. The molecule has 3 rings (SSSR count). The second-order valence-corrected chi connectivity index (χ2v) is 5.80. The molecule has 6 heteroatoms. The van der Waals surface area contributed by atoms with Crippen LogP contribution in [0, 0.1) is 5.82 Å². The number of phenols is 1. The Hall–Kier alpha value is -2.99. The van der Waals surface area contributed by atoms with E-state index in [-0.39, 0.29) is 34.4 Å². The van der Waals surface area contributed by atoms with Gasteiger partial charge in [0.2, 0.25) is 0 Å². The average Bonchev–Trinajstić information content (AvgIpc) is 2.63. The van der Waals surface area contributed by atoms with Crippen molar-refractivity contribution < 1.29 is 19.4 Å². The number of aldehydes is 1. The number of rotatable bonds is 5. The quantitative estimate of drug-likeness (QED) is 0.551. The van der Waals surface area contributed by atoms with Gasteiger partial charge in [-0.05, 0) is 36.8 Å². The van der Waals surface area contributed by atoms with Crippen molar-refractivity contribution in [1.82, 2.24) is 10.3 Å². The molecule has 0 aliphatic heterocycles. The molecule has 3 aromatic rings. The summed E-state index contributed by atoms with van der Waals surface area (Å²) < 4.78 is 13.0. The summed E-state index contributed by atoms with van der Waals surface area (Å²) in [6.45, 7) is 2.25. The molecule has 1 atom stereocenters. The molecule has 0 aliphatic carbocycles. The third-order valence-corrected chi connectivity index (χ3v) is 4.19. The molecule has 1 heterocycles. The molecule has 0 saturated heterocycles. The van der Waals surface area contributed by atoms with Crippen LogP contribution in [0.5, 0.6) is 11.5 Å². The molecular weight excluding hydrogens is 323 g/mol. The minimum Gasteiger partial charge on any atom is -0.593 e. The maximum Gasteiger partial charge on any atom is 0.269 e. The number of carbonyl (C=O) groups is 1. The number of hydrogen-bond acceptors (Lipinski definition) is 4. The molecule has 2 aromatic carbocycles. The Morgan fingerprint density at radius 1 is 1.32 bits per heavy atom. The Bertz CT molecular complexity index is 926. The maximum absolute atomic E-state index is 13.0. The van der Waals surface area contributed by atoms with Crippen molar-refractivity contribution in [2.45, 2.75) is 19.5 Å². The molecule has 0 spiro atoms. The molecule has 5 nitrogen and oxygen atoms in total. The van der Waals surface area contributed by atoms with Crippen molar-refractivity contribution in [3.8, 4) is 11.5 Å². The summed E-state index contributed by atoms with van der Waals surface area (Å²) in [5.74, 6) is -0.366. The molecule has 1 aromatic heterocycles. The highest BCUT2D eigenvalue weighted by Crippen LogP contribution is 2.40. The number of halogens is 1. The van der Waals surface area contributed by atoms with Gasteiger partial charge in [0.25, 0.3) is 5.75 Å². The Balaban J connectivity index is 1.97. The zero-order chi connectivity index (χ0) is 18.0. The lowest BCUT2D eigenvalue weighted by atomic mass is 9.96. The standard InChI is InChI=1S/C19H17FN2O3/c1-11(22-9-12-4-6-13(20)7-5-12)16-15(10-23)19(25)17-14(18(16)24)3-2-8-21-17/h2-8,10-11,22,24-25H,9H2,1H3/p+1. The molecule has 4 N–H and O–H groups in total. The van der Waals surface area contributed by atoms with E-state index in [4.69, 9.17) is 5.11 Å². The van der Waals surface area contributed by atoms with E-state index in [9.17, 15) is 14.3 Å². The largest absolute Gasteiger partial charge is 0.593 e. The third kappa shape index (κ3) is 3.16. The number of aromatic hydroxyl groups is 1. The first-order valence-corrected chi connectivity index (χ1v) is 7.81. The molecule has 25 heavy (non-hydrogen) atoms. The van der Waals surface area contributed by atoms with Crippen molar-refractivity contribution >= 4 is 17.2 Å².